The number of rotatable bonds is 9. The average Bonchev–Trinajstić information content (AvgIpc) is 3.32. The first kappa shape index (κ1) is 20.9. The van der Waals surface area contributed by atoms with E-state index in [4.69, 9.17) is 9.47 Å². The zero-order valence-electron chi connectivity index (χ0n) is 16.8. The lowest BCUT2D eigenvalue weighted by atomic mass is 10.1. The summed E-state index contributed by atoms with van der Waals surface area (Å²) in [7, 11) is 1.86. The maximum atomic E-state index is 12.7. The Labute approximate surface area is 159 Å². The van der Waals surface area contributed by atoms with Gasteiger partial charge in [0.05, 0.1) is 24.8 Å². The van der Waals surface area contributed by atoms with Gasteiger partial charge in [-0.3, -0.25) is 19.1 Å². The Kier molecular flexibility index (Phi) is 6.98. The highest BCUT2D eigenvalue weighted by Crippen LogP contribution is 2.40. The molecule has 0 spiro atoms. The molecule has 1 aromatic rings. The first-order valence-electron chi connectivity index (χ1n) is 9.37. The summed E-state index contributed by atoms with van der Waals surface area (Å²) in [6, 6.07) is 0. The van der Waals surface area contributed by atoms with Crippen molar-refractivity contribution in [2.24, 2.45) is 18.9 Å². The summed E-state index contributed by atoms with van der Waals surface area (Å²) >= 11 is 0. The minimum Gasteiger partial charge on any atom is -0.466 e. The molecule has 2 atom stereocenters. The van der Waals surface area contributed by atoms with Gasteiger partial charge in [-0.15, -0.1) is 0 Å². The van der Waals surface area contributed by atoms with Crippen molar-refractivity contribution < 1.29 is 23.9 Å². The third-order valence-electron chi connectivity index (χ3n) is 4.93. The monoisotopic (exact) mass is 379 g/mol. The second-order valence-corrected chi connectivity index (χ2v) is 6.88. The molecular weight excluding hydrogens is 350 g/mol. The molecule has 0 aromatic carbocycles. The standard InChI is InChI=1S/C19H29N3O5/c1-6-26-18(24)9-17(23)22(10-14-8-15(14)19(25)27-7-2)11-16-12(3)20-21(5)13(16)4/h14-15H,6-11H2,1-5H3/t14-,15-/m1/s1. The van der Waals surface area contributed by atoms with Gasteiger partial charge in [-0.05, 0) is 40.0 Å². The van der Waals surface area contributed by atoms with Crippen LogP contribution in [0.15, 0.2) is 0 Å². The number of aromatic nitrogens is 2. The van der Waals surface area contributed by atoms with E-state index in [-0.39, 0.29) is 36.7 Å². The molecule has 1 aromatic heterocycles. The van der Waals surface area contributed by atoms with Crippen LogP contribution in [0.3, 0.4) is 0 Å². The van der Waals surface area contributed by atoms with Crippen LogP contribution in [-0.4, -0.2) is 52.3 Å². The van der Waals surface area contributed by atoms with Gasteiger partial charge in [0.15, 0.2) is 0 Å². The van der Waals surface area contributed by atoms with Crippen molar-refractivity contribution in [2.45, 2.75) is 47.1 Å². The summed E-state index contributed by atoms with van der Waals surface area (Å²) in [5.41, 5.74) is 2.78. The Morgan fingerprint density at radius 3 is 2.41 bits per heavy atom. The third kappa shape index (κ3) is 5.30. The molecule has 1 amide bonds. The van der Waals surface area contributed by atoms with Gasteiger partial charge in [0.1, 0.15) is 6.42 Å². The molecule has 1 saturated carbocycles. The number of hydrogen-bond acceptors (Lipinski definition) is 6. The molecule has 2 rings (SSSR count). The smallest absolute Gasteiger partial charge is 0.315 e. The van der Waals surface area contributed by atoms with Crippen molar-refractivity contribution in [3.63, 3.8) is 0 Å². The van der Waals surface area contributed by atoms with E-state index in [1.807, 2.05) is 20.9 Å². The molecule has 0 saturated heterocycles. The lowest BCUT2D eigenvalue weighted by Gasteiger charge is -2.23. The van der Waals surface area contributed by atoms with Crippen LogP contribution in [0.4, 0.5) is 0 Å². The first-order chi connectivity index (χ1) is 12.8. The number of nitrogens with zero attached hydrogens (tertiary/aromatic N) is 3. The summed E-state index contributed by atoms with van der Waals surface area (Å²) < 4.78 is 11.7. The molecule has 1 aliphatic rings. The van der Waals surface area contributed by atoms with Gasteiger partial charge >= 0.3 is 11.9 Å². The molecule has 1 fully saturated rings. The van der Waals surface area contributed by atoms with Crippen LogP contribution in [0, 0.1) is 25.7 Å². The lowest BCUT2D eigenvalue weighted by molar-refractivity contribution is -0.150. The van der Waals surface area contributed by atoms with Crippen molar-refractivity contribution in [3.05, 3.63) is 17.0 Å². The number of ether oxygens (including phenoxy) is 2. The predicted molar refractivity (Wildman–Crippen MR) is 97.6 cm³/mol. The topological polar surface area (TPSA) is 90.7 Å². The van der Waals surface area contributed by atoms with Gasteiger partial charge in [0.25, 0.3) is 0 Å². The molecule has 150 valence electrons. The van der Waals surface area contributed by atoms with Crippen LogP contribution in [0.25, 0.3) is 0 Å². The number of esters is 2. The summed E-state index contributed by atoms with van der Waals surface area (Å²) in [6.45, 7) is 8.68. The van der Waals surface area contributed by atoms with E-state index < -0.39 is 5.97 Å². The number of aryl methyl sites for hydroxylation is 2. The van der Waals surface area contributed by atoms with E-state index in [1.54, 1.807) is 23.4 Å². The Balaban J connectivity index is 2.10. The van der Waals surface area contributed by atoms with Gasteiger partial charge < -0.3 is 14.4 Å². The number of hydrogen-bond donors (Lipinski definition) is 0. The van der Waals surface area contributed by atoms with E-state index in [2.05, 4.69) is 5.10 Å². The van der Waals surface area contributed by atoms with Crippen molar-refractivity contribution in [3.8, 4) is 0 Å². The van der Waals surface area contributed by atoms with Gasteiger partial charge in [-0.2, -0.15) is 5.10 Å². The molecule has 0 bridgehead atoms. The predicted octanol–water partition coefficient (Wildman–Crippen LogP) is 1.52. The molecule has 0 unspecified atom stereocenters. The summed E-state index contributed by atoms with van der Waals surface area (Å²) in [5.74, 6) is -1.16. The molecule has 27 heavy (non-hydrogen) atoms. The maximum Gasteiger partial charge on any atom is 0.315 e. The quantitative estimate of drug-likeness (QED) is 0.477. The fourth-order valence-corrected chi connectivity index (χ4v) is 3.21. The normalized spacial score (nSPS) is 18.1. The van der Waals surface area contributed by atoms with E-state index in [9.17, 15) is 14.4 Å². The average molecular weight is 379 g/mol. The van der Waals surface area contributed by atoms with Gasteiger partial charge in [0, 0.05) is 31.4 Å². The van der Waals surface area contributed by atoms with Crippen molar-refractivity contribution in [1.29, 1.82) is 0 Å². The summed E-state index contributed by atoms with van der Waals surface area (Å²) in [4.78, 5) is 38.0. The Hall–Kier alpha value is -2.38. The Morgan fingerprint density at radius 2 is 1.85 bits per heavy atom. The van der Waals surface area contributed by atoms with Crippen LogP contribution in [-0.2, 0) is 37.4 Å². The van der Waals surface area contributed by atoms with Crippen LogP contribution in [0.5, 0.6) is 0 Å². The SMILES string of the molecule is CCOC(=O)CC(=O)N(Cc1c(C)nn(C)c1C)C[C@H]1C[C@H]1C(=O)OCC. The van der Waals surface area contributed by atoms with Crippen molar-refractivity contribution in [2.75, 3.05) is 19.8 Å². The van der Waals surface area contributed by atoms with Crippen molar-refractivity contribution in [1.82, 2.24) is 14.7 Å². The molecule has 0 radical (unpaired) electrons. The van der Waals surface area contributed by atoms with Crippen LogP contribution in [0.1, 0.15) is 43.6 Å². The molecule has 1 heterocycles. The van der Waals surface area contributed by atoms with Gasteiger partial charge in [-0.25, -0.2) is 0 Å². The highest BCUT2D eigenvalue weighted by atomic mass is 16.5. The molecule has 0 aliphatic heterocycles. The van der Waals surface area contributed by atoms with E-state index in [0.29, 0.717) is 26.1 Å². The van der Waals surface area contributed by atoms with Crippen LogP contribution >= 0.6 is 0 Å². The van der Waals surface area contributed by atoms with Gasteiger partial charge in [-0.1, -0.05) is 0 Å². The van der Waals surface area contributed by atoms with E-state index in [1.165, 1.54) is 0 Å². The van der Waals surface area contributed by atoms with Gasteiger partial charge in [0.2, 0.25) is 5.91 Å². The fraction of sp³-hybridized carbons (Fsp3) is 0.684. The van der Waals surface area contributed by atoms with Crippen LogP contribution < -0.4 is 0 Å². The maximum absolute atomic E-state index is 12.7. The number of carbonyl (C=O) groups excluding carboxylic acids is 3. The molecule has 0 N–H and O–H groups in total. The second-order valence-electron chi connectivity index (χ2n) is 6.88. The first-order valence-corrected chi connectivity index (χ1v) is 9.37. The zero-order chi connectivity index (χ0) is 20.1. The van der Waals surface area contributed by atoms with E-state index in [0.717, 1.165) is 17.0 Å². The Morgan fingerprint density at radius 1 is 1.19 bits per heavy atom. The summed E-state index contributed by atoms with van der Waals surface area (Å²) in [5, 5.41) is 4.39. The molecule has 1 aliphatic carbocycles. The number of carbonyl (C=O) groups is 3. The molecule has 8 nitrogen and oxygen atoms in total. The zero-order valence-corrected chi connectivity index (χ0v) is 16.8. The third-order valence-corrected chi connectivity index (χ3v) is 4.93. The summed E-state index contributed by atoms with van der Waals surface area (Å²) in [6.07, 6.45) is 0.399. The second kappa shape index (κ2) is 9.01. The minimum atomic E-state index is -0.537. The fourth-order valence-electron chi connectivity index (χ4n) is 3.21. The van der Waals surface area contributed by atoms with Crippen molar-refractivity contribution >= 4 is 17.8 Å². The molecule has 8 heteroatoms. The van der Waals surface area contributed by atoms with E-state index >= 15 is 0 Å². The molecular formula is C19H29N3O5. The largest absolute Gasteiger partial charge is 0.466 e. The Bertz CT molecular complexity index is 712. The highest BCUT2D eigenvalue weighted by Gasteiger charge is 2.45. The van der Waals surface area contributed by atoms with Crippen LogP contribution in [0.2, 0.25) is 0 Å². The highest BCUT2D eigenvalue weighted by molar-refractivity contribution is 5.94. The minimum absolute atomic E-state index is 0.0625. The lowest BCUT2D eigenvalue weighted by Crippen LogP contribution is -2.35. The number of amides is 1.